The summed E-state index contributed by atoms with van der Waals surface area (Å²) in [7, 11) is 0. The fourth-order valence-corrected chi connectivity index (χ4v) is 4.58. The second-order valence-corrected chi connectivity index (χ2v) is 8.08. The lowest BCUT2D eigenvalue weighted by molar-refractivity contribution is 0.103. The SMILES string of the molecule is N#Cc1cc(NC(=O)c2cc3ccccc3s2)ccc1N1CCN(CCO)CC1. The van der Waals surface area contributed by atoms with Crippen molar-refractivity contribution in [1.82, 2.24) is 4.90 Å². The van der Waals surface area contributed by atoms with Crippen LogP contribution in [0, 0.1) is 11.3 Å². The summed E-state index contributed by atoms with van der Waals surface area (Å²) in [5.41, 5.74) is 2.05. The summed E-state index contributed by atoms with van der Waals surface area (Å²) in [4.78, 5) is 17.7. The molecule has 7 heteroatoms. The molecule has 1 fully saturated rings. The van der Waals surface area contributed by atoms with Crippen LogP contribution < -0.4 is 10.2 Å². The van der Waals surface area contributed by atoms with Gasteiger partial charge in [0, 0.05) is 43.1 Å². The molecule has 1 aliphatic heterocycles. The van der Waals surface area contributed by atoms with E-state index in [0.717, 1.165) is 42.0 Å². The fourth-order valence-electron chi connectivity index (χ4n) is 3.62. The summed E-state index contributed by atoms with van der Waals surface area (Å²) < 4.78 is 1.08. The number of hydrogen-bond acceptors (Lipinski definition) is 6. The molecule has 1 aromatic heterocycles. The molecule has 0 saturated carbocycles. The third kappa shape index (κ3) is 4.25. The standard InChI is InChI=1S/C22H22N4O2S/c23-15-17-13-18(5-6-19(17)26-9-7-25(8-10-26)11-12-27)24-22(28)21-14-16-3-1-2-4-20(16)29-21/h1-6,13-14,27H,7-12H2,(H,24,28). The number of hydrogen-bond donors (Lipinski definition) is 2. The Morgan fingerprint density at radius 3 is 2.66 bits per heavy atom. The first-order valence-corrected chi connectivity index (χ1v) is 10.4. The van der Waals surface area contributed by atoms with Crippen molar-refractivity contribution < 1.29 is 9.90 Å². The maximum Gasteiger partial charge on any atom is 0.265 e. The molecule has 0 bridgehead atoms. The van der Waals surface area contributed by atoms with Crippen LogP contribution in [0.3, 0.4) is 0 Å². The van der Waals surface area contributed by atoms with E-state index in [0.29, 0.717) is 22.7 Å². The van der Waals surface area contributed by atoms with Crippen LogP contribution in [0.2, 0.25) is 0 Å². The monoisotopic (exact) mass is 406 g/mol. The molecule has 1 amide bonds. The summed E-state index contributed by atoms with van der Waals surface area (Å²) in [6.45, 7) is 4.18. The van der Waals surface area contributed by atoms with E-state index in [2.05, 4.69) is 21.2 Å². The molecule has 2 heterocycles. The van der Waals surface area contributed by atoms with E-state index in [1.54, 1.807) is 6.07 Å². The molecule has 0 aliphatic carbocycles. The number of nitrogens with zero attached hydrogens (tertiary/aromatic N) is 3. The summed E-state index contributed by atoms with van der Waals surface area (Å²) in [5, 5.41) is 22.7. The summed E-state index contributed by atoms with van der Waals surface area (Å²) in [6.07, 6.45) is 0. The lowest BCUT2D eigenvalue weighted by atomic mass is 10.1. The number of amides is 1. The van der Waals surface area contributed by atoms with Crippen LogP contribution >= 0.6 is 11.3 Å². The Kier molecular flexibility index (Phi) is 5.76. The molecule has 29 heavy (non-hydrogen) atoms. The average molecular weight is 407 g/mol. The molecule has 0 unspecified atom stereocenters. The van der Waals surface area contributed by atoms with Crippen LogP contribution in [-0.4, -0.2) is 55.2 Å². The van der Waals surface area contributed by atoms with Crippen molar-refractivity contribution in [1.29, 1.82) is 5.26 Å². The summed E-state index contributed by atoms with van der Waals surface area (Å²) in [5.74, 6) is -0.166. The number of benzene rings is 2. The van der Waals surface area contributed by atoms with Crippen molar-refractivity contribution >= 4 is 38.7 Å². The van der Waals surface area contributed by atoms with Gasteiger partial charge in [-0.3, -0.25) is 9.69 Å². The number of fused-ring (bicyclic) bond motifs is 1. The number of piperazine rings is 1. The Bertz CT molecular complexity index is 1030. The van der Waals surface area contributed by atoms with Crippen LogP contribution in [0.1, 0.15) is 15.2 Å². The number of anilines is 2. The molecule has 0 atom stereocenters. The Morgan fingerprint density at radius 2 is 1.93 bits per heavy atom. The predicted octanol–water partition coefficient (Wildman–Crippen LogP) is 3.14. The van der Waals surface area contributed by atoms with E-state index in [1.807, 2.05) is 42.5 Å². The number of aliphatic hydroxyl groups is 1. The summed E-state index contributed by atoms with van der Waals surface area (Å²) in [6, 6.07) is 17.5. The van der Waals surface area contributed by atoms with Gasteiger partial charge in [-0.2, -0.15) is 5.26 Å². The van der Waals surface area contributed by atoms with Gasteiger partial charge in [0.05, 0.1) is 22.7 Å². The minimum Gasteiger partial charge on any atom is -0.395 e. The maximum atomic E-state index is 12.6. The van der Waals surface area contributed by atoms with Gasteiger partial charge in [0.1, 0.15) is 6.07 Å². The third-order valence-corrected chi connectivity index (χ3v) is 6.27. The Hall–Kier alpha value is -2.92. The van der Waals surface area contributed by atoms with E-state index in [1.165, 1.54) is 11.3 Å². The van der Waals surface area contributed by atoms with E-state index in [9.17, 15) is 10.1 Å². The van der Waals surface area contributed by atoms with Crippen molar-refractivity contribution in [2.45, 2.75) is 0 Å². The third-order valence-electron chi connectivity index (χ3n) is 5.15. The summed E-state index contributed by atoms with van der Waals surface area (Å²) >= 11 is 1.46. The van der Waals surface area contributed by atoms with Gasteiger partial charge < -0.3 is 15.3 Å². The number of nitrogens with one attached hydrogen (secondary N) is 1. The number of thiophene rings is 1. The normalized spacial score (nSPS) is 14.7. The quantitative estimate of drug-likeness (QED) is 0.681. The highest BCUT2D eigenvalue weighted by molar-refractivity contribution is 7.20. The van der Waals surface area contributed by atoms with Crippen LogP contribution in [-0.2, 0) is 0 Å². The molecule has 4 rings (SSSR count). The van der Waals surface area contributed by atoms with Gasteiger partial charge in [0.25, 0.3) is 5.91 Å². The molecular formula is C22H22N4O2S. The van der Waals surface area contributed by atoms with E-state index in [-0.39, 0.29) is 12.5 Å². The molecule has 3 aromatic rings. The molecule has 2 N–H and O–H groups in total. The van der Waals surface area contributed by atoms with Crippen LogP contribution in [0.15, 0.2) is 48.5 Å². The Morgan fingerprint density at radius 1 is 1.14 bits per heavy atom. The molecular weight excluding hydrogens is 384 g/mol. The number of carbonyl (C=O) groups is 1. The largest absolute Gasteiger partial charge is 0.395 e. The molecule has 6 nitrogen and oxygen atoms in total. The topological polar surface area (TPSA) is 79.6 Å². The second-order valence-electron chi connectivity index (χ2n) is 7.00. The van der Waals surface area contributed by atoms with Crippen LogP contribution in [0.4, 0.5) is 11.4 Å². The lowest BCUT2D eigenvalue weighted by Gasteiger charge is -2.36. The van der Waals surface area contributed by atoms with Crippen LogP contribution in [0.5, 0.6) is 0 Å². The molecule has 0 spiro atoms. The minimum atomic E-state index is -0.166. The first-order chi connectivity index (χ1) is 14.2. The smallest absolute Gasteiger partial charge is 0.265 e. The zero-order valence-corrected chi connectivity index (χ0v) is 16.8. The molecule has 148 valence electrons. The van der Waals surface area contributed by atoms with Gasteiger partial charge in [0.2, 0.25) is 0 Å². The molecule has 2 aromatic carbocycles. The van der Waals surface area contributed by atoms with E-state index >= 15 is 0 Å². The highest BCUT2D eigenvalue weighted by Gasteiger charge is 2.19. The fraction of sp³-hybridized carbons (Fsp3) is 0.273. The lowest BCUT2D eigenvalue weighted by Crippen LogP contribution is -2.47. The van der Waals surface area contributed by atoms with Crippen molar-refractivity contribution in [2.24, 2.45) is 0 Å². The van der Waals surface area contributed by atoms with Gasteiger partial charge in [-0.25, -0.2) is 0 Å². The minimum absolute atomic E-state index is 0.164. The first kappa shape index (κ1) is 19.4. The first-order valence-electron chi connectivity index (χ1n) is 9.60. The van der Waals surface area contributed by atoms with E-state index in [4.69, 9.17) is 5.11 Å². The maximum absolute atomic E-state index is 12.6. The van der Waals surface area contributed by atoms with Crippen molar-refractivity contribution in [3.05, 3.63) is 59.0 Å². The van der Waals surface area contributed by atoms with Gasteiger partial charge in [-0.15, -0.1) is 11.3 Å². The average Bonchev–Trinajstić information content (AvgIpc) is 3.19. The Balaban J connectivity index is 1.48. The number of rotatable bonds is 5. The zero-order chi connectivity index (χ0) is 20.2. The van der Waals surface area contributed by atoms with E-state index < -0.39 is 0 Å². The van der Waals surface area contributed by atoms with Gasteiger partial charge in [0.15, 0.2) is 0 Å². The number of carbonyl (C=O) groups excluding carboxylic acids is 1. The zero-order valence-electron chi connectivity index (χ0n) is 16.0. The molecule has 1 saturated heterocycles. The Labute approximate surface area is 173 Å². The number of nitriles is 1. The van der Waals surface area contributed by atoms with Gasteiger partial charge in [-0.05, 0) is 35.7 Å². The predicted molar refractivity (Wildman–Crippen MR) is 117 cm³/mol. The number of aliphatic hydroxyl groups excluding tert-OH is 1. The van der Waals surface area contributed by atoms with Gasteiger partial charge >= 0.3 is 0 Å². The highest BCUT2D eigenvalue weighted by Crippen LogP contribution is 2.28. The van der Waals surface area contributed by atoms with Crippen LogP contribution in [0.25, 0.3) is 10.1 Å². The van der Waals surface area contributed by atoms with Crippen molar-refractivity contribution in [3.8, 4) is 6.07 Å². The molecule has 0 radical (unpaired) electrons. The van der Waals surface area contributed by atoms with Crippen molar-refractivity contribution in [3.63, 3.8) is 0 Å². The highest BCUT2D eigenvalue weighted by atomic mass is 32.1. The van der Waals surface area contributed by atoms with Crippen molar-refractivity contribution in [2.75, 3.05) is 49.5 Å². The van der Waals surface area contributed by atoms with Gasteiger partial charge in [-0.1, -0.05) is 18.2 Å². The second kappa shape index (κ2) is 8.62. The molecule has 1 aliphatic rings. The number of β-amino-alcohol motifs (C(OH)–C–C–N with tert-alkyl or cyclic N) is 1.